The van der Waals surface area contributed by atoms with Gasteiger partial charge in [-0.3, -0.25) is 10.1 Å². The van der Waals surface area contributed by atoms with E-state index in [2.05, 4.69) is 10.6 Å². The number of rotatable bonds is 10. The highest BCUT2D eigenvalue weighted by Crippen LogP contribution is 2.20. The van der Waals surface area contributed by atoms with Crippen molar-refractivity contribution in [3.05, 3.63) is 39.9 Å². The summed E-state index contributed by atoms with van der Waals surface area (Å²) in [5.74, 6) is 0. The first-order valence-corrected chi connectivity index (χ1v) is 7.07. The molecule has 0 aliphatic heterocycles. The molecule has 0 heterocycles. The van der Waals surface area contributed by atoms with Crippen LogP contribution in [0.4, 0.5) is 5.69 Å². The van der Waals surface area contributed by atoms with E-state index in [0.29, 0.717) is 12.1 Å². The van der Waals surface area contributed by atoms with Crippen LogP contribution in [-0.2, 0) is 0 Å². The Morgan fingerprint density at radius 3 is 2.48 bits per heavy atom. The molecule has 1 rings (SSSR count). The SMILES string of the molecule is CCNCCCN[C@H](CO)[C@H](O)c1ccc([N+](=O)[O-])cc1. The first-order valence-electron chi connectivity index (χ1n) is 7.07. The highest BCUT2D eigenvalue weighted by atomic mass is 16.6. The third-order valence-electron chi connectivity index (χ3n) is 3.21. The van der Waals surface area contributed by atoms with Crippen LogP contribution in [0.3, 0.4) is 0 Å². The van der Waals surface area contributed by atoms with Crippen molar-refractivity contribution < 1.29 is 15.1 Å². The normalized spacial score (nSPS) is 13.9. The smallest absolute Gasteiger partial charge is 0.269 e. The van der Waals surface area contributed by atoms with E-state index in [1.54, 1.807) is 0 Å². The molecule has 1 aromatic carbocycles. The van der Waals surface area contributed by atoms with Gasteiger partial charge in [0.2, 0.25) is 0 Å². The Balaban J connectivity index is 2.53. The fourth-order valence-electron chi connectivity index (χ4n) is 1.98. The molecule has 0 aliphatic carbocycles. The predicted octanol–water partition coefficient (Wildman–Crippen LogP) is 0.578. The van der Waals surface area contributed by atoms with Crippen LogP contribution in [0, 0.1) is 10.1 Å². The van der Waals surface area contributed by atoms with Gasteiger partial charge in [0, 0.05) is 12.1 Å². The van der Waals surface area contributed by atoms with Crippen LogP contribution in [0.25, 0.3) is 0 Å². The molecule has 0 saturated heterocycles. The van der Waals surface area contributed by atoms with Gasteiger partial charge in [0.15, 0.2) is 0 Å². The van der Waals surface area contributed by atoms with Crippen LogP contribution in [0.2, 0.25) is 0 Å². The van der Waals surface area contributed by atoms with Crippen molar-refractivity contribution in [3.8, 4) is 0 Å². The number of nitro benzene ring substituents is 1. The fraction of sp³-hybridized carbons (Fsp3) is 0.571. The van der Waals surface area contributed by atoms with E-state index < -0.39 is 17.1 Å². The Kier molecular flexibility index (Phi) is 7.84. The van der Waals surface area contributed by atoms with Gasteiger partial charge in [-0.15, -0.1) is 0 Å². The highest BCUT2D eigenvalue weighted by Gasteiger charge is 2.20. The van der Waals surface area contributed by atoms with E-state index >= 15 is 0 Å². The summed E-state index contributed by atoms with van der Waals surface area (Å²) in [7, 11) is 0. The third-order valence-corrected chi connectivity index (χ3v) is 3.21. The molecular weight excluding hydrogens is 274 g/mol. The van der Waals surface area contributed by atoms with E-state index in [0.717, 1.165) is 19.5 Å². The van der Waals surface area contributed by atoms with Gasteiger partial charge < -0.3 is 20.8 Å². The molecule has 1 aromatic rings. The molecule has 0 spiro atoms. The summed E-state index contributed by atoms with van der Waals surface area (Å²) < 4.78 is 0. The summed E-state index contributed by atoms with van der Waals surface area (Å²) >= 11 is 0. The first kappa shape index (κ1) is 17.5. The first-order chi connectivity index (χ1) is 10.1. The molecule has 7 heteroatoms. The maximum absolute atomic E-state index is 10.6. The lowest BCUT2D eigenvalue weighted by atomic mass is 10.0. The summed E-state index contributed by atoms with van der Waals surface area (Å²) in [4.78, 5) is 10.1. The molecule has 2 atom stereocenters. The van der Waals surface area contributed by atoms with Gasteiger partial charge in [0.05, 0.1) is 23.7 Å². The van der Waals surface area contributed by atoms with Crippen molar-refractivity contribution in [2.75, 3.05) is 26.2 Å². The van der Waals surface area contributed by atoms with Crippen molar-refractivity contribution in [1.29, 1.82) is 0 Å². The van der Waals surface area contributed by atoms with Crippen LogP contribution in [-0.4, -0.2) is 47.4 Å². The minimum atomic E-state index is -0.907. The van der Waals surface area contributed by atoms with Gasteiger partial charge in [0.25, 0.3) is 5.69 Å². The zero-order valence-corrected chi connectivity index (χ0v) is 12.2. The number of aliphatic hydroxyl groups is 2. The summed E-state index contributed by atoms with van der Waals surface area (Å²) in [5, 5.41) is 36.4. The lowest BCUT2D eigenvalue weighted by Gasteiger charge is -2.22. The Morgan fingerprint density at radius 1 is 1.29 bits per heavy atom. The number of aliphatic hydroxyl groups excluding tert-OH is 2. The molecule has 0 radical (unpaired) electrons. The average molecular weight is 297 g/mol. The van der Waals surface area contributed by atoms with Crippen LogP contribution in [0.5, 0.6) is 0 Å². The molecule has 118 valence electrons. The summed E-state index contributed by atoms with van der Waals surface area (Å²) in [5.41, 5.74) is 0.518. The number of nitrogens with zero attached hydrogens (tertiary/aromatic N) is 1. The van der Waals surface area contributed by atoms with Crippen molar-refractivity contribution >= 4 is 5.69 Å². The number of non-ortho nitro benzene ring substituents is 1. The third kappa shape index (κ3) is 5.76. The van der Waals surface area contributed by atoms with Gasteiger partial charge in [0.1, 0.15) is 0 Å². The average Bonchev–Trinajstić information content (AvgIpc) is 2.50. The minimum Gasteiger partial charge on any atom is -0.395 e. The van der Waals surface area contributed by atoms with Gasteiger partial charge >= 0.3 is 0 Å². The van der Waals surface area contributed by atoms with E-state index in [4.69, 9.17) is 0 Å². The van der Waals surface area contributed by atoms with Gasteiger partial charge in [-0.2, -0.15) is 0 Å². The van der Waals surface area contributed by atoms with Gasteiger partial charge in [-0.1, -0.05) is 6.92 Å². The molecule has 7 nitrogen and oxygen atoms in total. The molecule has 0 saturated carbocycles. The lowest BCUT2D eigenvalue weighted by molar-refractivity contribution is -0.384. The molecule has 0 amide bonds. The van der Waals surface area contributed by atoms with Crippen molar-refractivity contribution in [2.24, 2.45) is 0 Å². The molecule has 0 fully saturated rings. The maximum atomic E-state index is 10.6. The molecule has 4 N–H and O–H groups in total. The molecule has 21 heavy (non-hydrogen) atoms. The van der Waals surface area contributed by atoms with E-state index in [1.807, 2.05) is 6.92 Å². The molecule has 0 aromatic heterocycles. The fourth-order valence-corrected chi connectivity index (χ4v) is 1.98. The topological polar surface area (TPSA) is 108 Å². The van der Waals surface area contributed by atoms with E-state index in [-0.39, 0.29) is 12.3 Å². The molecule has 0 bridgehead atoms. The van der Waals surface area contributed by atoms with Crippen molar-refractivity contribution in [1.82, 2.24) is 10.6 Å². The number of nitro groups is 1. The maximum Gasteiger partial charge on any atom is 0.269 e. The molecule has 0 unspecified atom stereocenters. The van der Waals surface area contributed by atoms with E-state index in [1.165, 1.54) is 24.3 Å². The van der Waals surface area contributed by atoms with Crippen LogP contribution >= 0.6 is 0 Å². The van der Waals surface area contributed by atoms with Crippen LogP contribution in [0.1, 0.15) is 25.0 Å². The highest BCUT2D eigenvalue weighted by molar-refractivity contribution is 5.34. The van der Waals surface area contributed by atoms with Crippen LogP contribution < -0.4 is 10.6 Å². The monoisotopic (exact) mass is 297 g/mol. The minimum absolute atomic E-state index is 0.0231. The zero-order chi connectivity index (χ0) is 15.7. The Morgan fingerprint density at radius 2 is 1.95 bits per heavy atom. The Bertz CT molecular complexity index is 425. The largest absolute Gasteiger partial charge is 0.395 e. The second-order valence-electron chi connectivity index (χ2n) is 4.74. The quantitative estimate of drug-likeness (QED) is 0.286. The standard InChI is InChI=1S/C14H23N3O4/c1-2-15-8-3-9-16-13(10-18)14(19)11-4-6-12(7-5-11)17(20)21/h4-7,13-16,18-19H,2-3,8-10H2,1H3/t13-,14-/m1/s1. The summed E-state index contributed by atoms with van der Waals surface area (Å²) in [6, 6.07) is 5.21. The molecule has 0 aliphatic rings. The number of hydrogen-bond acceptors (Lipinski definition) is 6. The van der Waals surface area contributed by atoms with Crippen molar-refractivity contribution in [2.45, 2.75) is 25.5 Å². The number of nitrogens with one attached hydrogen (secondary N) is 2. The second kappa shape index (κ2) is 9.41. The Hall–Kier alpha value is -1.54. The summed E-state index contributed by atoms with van der Waals surface area (Å²) in [6.07, 6.45) is -0.0212. The summed E-state index contributed by atoms with van der Waals surface area (Å²) in [6.45, 7) is 4.27. The molecular formula is C14H23N3O4. The predicted molar refractivity (Wildman–Crippen MR) is 80.1 cm³/mol. The van der Waals surface area contributed by atoms with Crippen LogP contribution in [0.15, 0.2) is 24.3 Å². The zero-order valence-electron chi connectivity index (χ0n) is 12.2. The Labute approximate surface area is 124 Å². The number of hydrogen-bond donors (Lipinski definition) is 4. The number of benzene rings is 1. The van der Waals surface area contributed by atoms with Gasteiger partial charge in [-0.05, 0) is 43.8 Å². The van der Waals surface area contributed by atoms with E-state index in [9.17, 15) is 20.3 Å². The lowest BCUT2D eigenvalue weighted by Crippen LogP contribution is -2.39. The van der Waals surface area contributed by atoms with Crippen molar-refractivity contribution in [3.63, 3.8) is 0 Å². The van der Waals surface area contributed by atoms with Gasteiger partial charge in [-0.25, -0.2) is 0 Å². The second-order valence-corrected chi connectivity index (χ2v) is 4.74.